The Morgan fingerprint density at radius 2 is 2.04 bits per heavy atom. The van der Waals surface area contributed by atoms with Gasteiger partial charge in [-0.05, 0) is 48.9 Å². The second-order valence-electron chi connectivity index (χ2n) is 7.21. The minimum absolute atomic E-state index is 0.0210. The molecule has 4 rings (SSSR count). The molecule has 2 N–H and O–H groups in total. The third kappa shape index (κ3) is 3.35. The molecule has 1 saturated carbocycles. The van der Waals surface area contributed by atoms with Gasteiger partial charge >= 0.3 is 0 Å². The number of nitrogens with zero attached hydrogens (tertiary/aromatic N) is 2. The van der Waals surface area contributed by atoms with Gasteiger partial charge in [0.1, 0.15) is 0 Å². The first-order valence-electron chi connectivity index (χ1n) is 9.04. The van der Waals surface area contributed by atoms with E-state index in [2.05, 4.69) is 22.4 Å². The predicted octanol–water partition coefficient (Wildman–Crippen LogP) is 2.69. The van der Waals surface area contributed by atoms with Gasteiger partial charge in [-0.2, -0.15) is 0 Å². The SMILES string of the molecule is Cn1cnc2cc(C(=O)N[C@@H](Cc3ccccc3)C3CC(O)C3)ccc21. The molecule has 1 heterocycles. The molecule has 1 aliphatic carbocycles. The summed E-state index contributed by atoms with van der Waals surface area (Å²) < 4.78 is 1.94. The molecule has 1 atom stereocenters. The third-order valence-electron chi connectivity index (χ3n) is 5.32. The largest absolute Gasteiger partial charge is 0.393 e. The molecule has 1 aromatic heterocycles. The number of carbonyl (C=O) groups excluding carboxylic acids is 1. The molecule has 1 aliphatic rings. The van der Waals surface area contributed by atoms with E-state index in [-0.39, 0.29) is 18.1 Å². The van der Waals surface area contributed by atoms with Crippen LogP contribution < -0.4 is 5.32 Å². The number of rotatable bonds is 5. The van der Waals surface area contributed by atoms with Crippen LogP contribution in [0.2, 0.25) is 0 Å². The van der Waals surface area contributed by atoms with Crippen molar-refractivity contribution in [1.29, 1.82) is 0 Å². The second kappa shape index (κ2) is 6.92. The summed E-state index contributed by atoms with van der Waals surface area (Å²) in [6.45, 7) is 0. The number of imidazole rings is 1. The Balaban J connectivity index is 1.52. The summed E-state index contributed by atoms with van der Waals surface area (Å²) in [7, 11) is 1.94. The van der Waals surface area contributed by atoms with Crippen LogP contribution in [0, 0.1) is 5.92 Å². The molecule has 0 unspecified atom stereocenters. The van der Waals surface area contributed by atoms with Gasteiger partial charge in [0.15, 0.2) is 0 Å². The fourth-order valence-corrected chi connectivity index (χ4v) is 3.69. The van der Waals surface area contributed by atoms with Gasteiger partial charge in [0, 0.05) is 18.7 Å². The smallest absolute Gasteiger partial charge is 0.251 e. The van der Waals surface area contributed by atoms with E-state index in [1.807, 2.05) is 48.0 Å². The van der Waals surface area contributed by atoms with Crippen molar-refractivity contribution in [2.45, 2.75) is 31.4 Å². The highest BCUT2D eigenvalue weighted by molar-refractivity contribution is 5.97. The quantitative estimate of drug-likeness (QED) is 0.744. The topological polar surface area (TPSA) is 67.2 Å². The molecular formula is C21H23N3O2. The molecule has 2 aromatic carbocycles. The van der Waals surface area contributed by atoms with Crippen LogP contribution in [-0.2, 0) is 13.5 Å². The van der Waals surface area contributed by atoms with Crippen LogP contribution >= 0.6 is 0 Å². The number of aromatic nitrogens is 2. The number of carbonyl (C=O) groups is 1. The number of hydrogen-bond acceptors (Lipinski definition) is 3. The number of aliphatic hydroxyl groups excluding tert-OH is 1. The van der Waals surface area contributed by atoms with Crippen molar-refractivity contribution >= 4 is 16.9 Å². The molecule has 134 valence electrons. The van der Waals surface area contributed by atoms with Crippen LogP contribution in [0.3, 0.4) is 0 Å². The molecule has 0 aliphatic heterocycles. The summed E-state index contributed by atoms with van der Waals surface area (Å²) in [5.41, 5.74) is 3.64. The number of aliphatic hydroxyl groups is 1. The van der Waals surface area contributed by atoms with Crippen LogP contribution in [0.1, 0.15) is 28.8 Å². The summed E-state index contributed by atoms with van der Waals surface area (Å²) in [6, 6.07) is 15.8. The molecule has 5 heteroatoms. The average Bonchev–Trinajstić information content (AvgIpc) is 3.00. The van der Waals surface area contributed by atoms with Gasteiger partial charge in [0.05, 0.1) is 23.5 Å². The van der Waals surface area contributed by atoms with Crippen LogP contribution in [0.5, 0.6) is 0 Å². The molecule has 5 nitrogen and oxygen atoms in total. The van der Waals surface area contributed by atoms with Gasteiger partial charge in [-0.3, -0.25) is 4.79 Å². The van der Waals surface area contributed by atoms with Crippen LogP contribution in [0.15, 0.2) is 54.9 Å². The first kappa shape index (κ1) is 16.8. The maximum atomic E-state index is 12.8. The third-order valence-corrected chi connectivity index (χ3v) is 5.32. The zero-order valence-electron chi connectivity index (χ0n) is 14.8. The van der Waals surface area contributed by atoms with Gasteiger partial charge in [-0.15, -0.1) is 0 Å². The van der Waals surface area contributed by atoms with Gasteiger partial charge in [-0.25, -0.2) is 4.98 Å². The molecule has 1 fully saturated rings. The lowest BCUT2D eigenvalue weighted by Crippen LogP contribution is -2.48. The van der Waals surface area contributed by atoms with Crippen LogP contribution in [0.4, 0.5) is 0 Å². The van der Waals surface area contributed by atoms with E-state index in [0.29, 0.717) is 11.5 Å². The predicted molar refractivity (Wildman–Crippen MR) is 101 cm³/mol. The molecule has 0 saturated heterocycles. The highest BCUT2D eigenvalue weighted by Gasteiger charge is 2.34. The Morgan fingerprint density at radius 3 is 2.77 bits per heavy atom. The number of amides is 1. The van der Waals surface area contributed by atoms with E-state index in [1.165, 1.54) is 5.56 Å². The van der Waals surface area contributed by atoms with Crippen LogP contribution in [0.25, 0.3) is 11.0 Å². The number of aryl methyl sites for hydroxylation is 1. The maximum absolute atomic E-state index is 12.8. The van der Waals surface area contributed by atoms with Crippen molar-refractivity contribution < 1.29 is 9.90 Å². The van der Waals surface area contributed by atoms with Crippen molar-refractivity contribution in [1.82, 2.24) is 14.9 Å². The fraction of sp³-hybridized carbons (Fsp3) is 0.333. The van der Waals surface area contributed by atoms with Crippen molar-refractivity contribution in [3.63, 3.8) is 0 Å². The second-order valence-corrected chi connectivity index (χ2v) is 7.21. The molecule has 0 radical (unpaired) electrons. The summed E-state index contributed by atoms with van der Waals surface area (Å²) in [5.74, 6) is 0.229. The standard InChI is InChI=1S/C21H23N3O2/c1-24-13-22-19-12-15(7-8-20(19)24)21(26)23-18(16-10-17(25)11-16)9-14-5-3-2-4-6-14/h2-8,12-13,16-18,25H,9-11H2,1H3,(H,23,26)/t16?,17?,18-/m0/s1. The number of fused-ring (bicyclic) bond motifs is 1. The minimum Gasteiger partial charge on any atom is -0.393 e. The maximum Gasteiger partial charge on any atom is 0.251 e. The molecule has 26 heavy (non-hydrogen) atoms. The summed E-state index contributed by atoms with van der Waals surface area (Å²) in [6.07, 6.45) is 3.78. The highest BCUT2D eigenvalue weighted by Crippen LogP contribution is 2.32. The Hall–Kier alpha value is -2.66. The Morgan fingerprint density at radius 1 is 1.27 bits per heavy atom. The van der Waals surface area contributed by atoms with E-state index >= 15 is 0 Å². The molecule has 1 amide bonds. The average molecular weight is 349 g/mol. The van der Waals surface area contributed by atoms with Crippen molar-refractivity contribution in [3.05, 3.63) is 66.0 Å². The molecule has 0 spiro atoms. The Labute approximate surface area is 152 Å². The summed E-state index contributed by atoms with van der Waals surface area (Å²) >= 11 is 0. The van der Waals surface area contributed by atoms with E-state index in [1.54, 1.807) is 6.33 Å². The first-order chi connectivity index (χ1) is 12.6. The first-order valence-corrected chi connectivity index (χ1v) is 9.04. The molecule has 0 bridgehead atoms. The van der Waals surface area contributed by atoms with E-state index in [9.17, 15) is 9.90 Å². The van der Waals surface area contributed by atoms with Crippen LogP contribution in [-0.4, -0.2) is 32.7 Å². The van der Waals surface area contributed by atoms with Gasteiger partial charge in [-0.1, -0.05) is 30.3 Å². The lowest BCUT2D eigenvalue weighted by Gasteiger charge is -2.38. The van der Waals surface area contributed by atoms with Crippen molar-refractivity contribution in [2.24, 2.45) is 13.0 Å². The fourth-order valence-electron chi connectivity index (χ4n) is 3.69. The van der Waals surface area contributed by atoms with Gasteiger partial charge in [0.2, 0.25) is 0 Å². The monoisotopic (exact) mass is 349 g/mol. The van der Waals surface area contributed by atoms with E-state index < -0.39 is 0 Å². The number of nitrogens with one attached hydrogen (secondary N) is 1. The van der Waals surface area contributed by atoms with E-state index in [4.69, 9.17) is 0 Å². The number of hydrogen-bond donors (Lipinski definition) is 2. The zero-order chi connectivity index (χ0) is 18.1. The Kier molecular flexibility index (Phi) is 4.47. The minimum atomic E-state index is -0.236. The molecule has 3 aromatic rings. The zero-order valence-corrected chi connectivity index (χ0v) is 14.8. The lowest BCUT2D eigenvalue weighted by atomic mass is 9.75. The van der Waals surface area contributed by atoms with E-state index in [0.717, 1.165) is 30.3 Å². The normalized spacial score (nSPS) is 20.5. The summed E-state index contributed by atoms with van der Waals surface area (Å²) in [4.78, 5) is 17.1. The molecular weight excluding hydrogens is 326 g/mol. The van der Waals surface area contributed by atoms with Crippen molar-refractivity contribution in [2.75, 3.05) is 0 Å². The van der Waals surface area contributed by atoms with Gasteiger partial charge < -0.3 is 15.0 Å². The summed E-state index contributed by atoms with van der Waals surface area (Å²) in [5, 5.41) is 12.9. The van der Waals surface area contributed by atoms with Crippen molar-refractivity contribution in [3.8, 4) is 0 Å². The highest BCUT2D eigenvalue weighted by atomic mass is 16.3. The van der Waals surface area contributed by atoms with Gasteiger partial charge in [0.25, 0.3) is 5.91 Å². The lowest BCUT2D eigenvalue weighted by molar-refractivity contribution is 0.0239. The number of benzene rings is 2. The Bertz CT molecular complexity index is 913.